The van der Waals surface area contributed by atoms with Gasteiger partial charge in [-0.15, -0.1) is 0 Å². The Morgan fingerprint density at radius 2 is 1.85 bits per heavy atom. The Morgan fingerprint density at radius 3 is 2.38 bits per heavy atom. The average Bonchev–Trinajstić information content (AvgIpc) is 2.17. The van der Waals surface area contributed by atoms with Gasteiger partial charge in [0.1, 0.15) is 0 Å². The zero-order valence-corrected chi connectivity index (χ0v) is 9.87. The molecule has 0 heterocycles. The van der Waals surface area contributed by atoms with Gasteiger partial charge in [0.05, 0.1) is 0 Å². The van der Waals surface area contributed by atoms with Crippen molar-refractivity contribution in [2.75, 3.05) is 33.9 Å². The molecule has 0 aliphatic carbocycles. The Morgan fingerprint density at radius 1 is 1.15 bits per heavy atom. The first-order valence-electron chi connectivity index (χ1n) is 4.81. The van der Waals surface area contributed by atoms with Gasteiger partial charge in [-0.1, -0.05) is 6.42 Å². The summed E-state index contributed by atoms with van der Waals surface area (Å²) in [6.45, 7) is 2.68. The highest BCUT2D eigenvalue weighted by Gasteiger charge is 2.07. The molecule has 3 N–H and O–H groups in total. The van der Waals surface area contributed by atoms with Crippen LogP contribution in [0.15, 0.2) is 0 Å². The summed E-state index contributed by atoms with van der Waals surface area (Å²) in [6, 6.07) is 1.09. The molecular weight excluding hydrogens is 184 g/mol. The second-order valence-corrected chi connectivity index (χ2v) is 5.31. The van der Waals surface area contributed by atoms with Gasteiger partial charge in [0, 0.05) is 27.3 Å². The molecule has 80 valence electrons. The summed E-state index contributed by atoms with van der Waals surface area (Å²) < 4.78 is 10.4. The minimum Gasteiger partial charge on any atom is -0.400 e. The molecule has 0 atom stereocenters. The molecule has 0 radical (unpaired) electrons. The quantitative estimate of drug-likeness (QED) is 0.406. The number of nitrogens with one attached hydrogen (secondary N) is 1. The zero-order chi connectivity index (χ0) is 9.94. The summed E-state index contributed by atoms with van der Waals surface area (Å²) in [7, 11) is 2.16. The second kappa shape index (κ2) is 10.1. The second-order valence-electron chi connectivity index (χ2n) is 2.94. The molecule has 0 aromatic heterocycles. The number of hydrogen-bond acceptors (Lipinski definition) is 4. The lowest BCUT2D eigenvalue weighted by Gasteiger charge is -2.10. The van der Waals surface area contributed by atoms with Crippen LogP contribution in [-0.2, 0) is 8.85 Å². The predicted octanol–water partition coefficient (Wildman–Crippen LogP) is -0.172. The van der Waals surface area contributed by atoms with Gasteiger partial charge >= 0.3 is 9.28 Å². The van der Waals surface area contributed by atoms with Crippen LogP contribution in [0.2, 0.25) is 6.04 Å². The maximum atomic E-state index is 5.34. The Labute approximate surface area is 82.6 Å². The van der Waals surface area contributed by atoms with Gasteiger partial charge in [0.2, 0.25) is 0 Å². The van der Waals surface area contributed by atoms with Crippen LogP contribution in [0.4, 0.5) is 0 Å². The lowest BCUT2D eigenvalue weighted by Crippen LogP contribution is -2.24. The van der Waals surface area contributed by atoms with Crippen molar-refractivity contribution in [2.24, 2.45) is 5.73 Å². The lowest BCUT2D eigenvalue weighted by molar-refractivity contribution is 0.276. The molecule has 0 saturated carbocycles. The summed E-state index contributed by atoms with van der Waals surface area (Å²) in [4.78, 5) is 0. The Kier molecular flexibility index (Phi) is 10.2. The number of nitrogens with two attached hydrogens (primary N) is 1. The van der Waals surface area contributed by atoms with Gasteiger partial charge in [0.15, 0.2) is 0 Å². The molecule has 0 aliphatic heterocycles. The van der Waals surface area contributed by atoms with Crippen LogP contribution in [0, 0.1) is 0 Å². The molecule has 0 rings (SSSR count). The molecule has 4 nitrogen and oxygen atoms in total. The lowest BCUT2D eigenvalue weighted by atomic mass is 10.3. The minimum atomic E-state index is -1.30. The smallest absolute Gasteiger partial charge is 0.320 e. The SMILES string of the molecule is CO[SiH](CCCCNCCN)OC. The maximum Gasteiger partial charge on any atom is 0.320 e. The van der Waals surface area contributed by atoms with E-state index in [1.54, 1.807) is 14.2 Å². The first-order valence-corrected chi connectivity index (χ1v) is 6.57. The molecule has 5 heteroatoms. The highest BCUT2D eigenvalue weighted by Crippen LogP contribution is 2.01. The largest absolute Gasteiger partial charge is 0.400 e. The number of unbranched alkanes of at least 4 members (excludes halogenated alkanes) is 1. The molecule has 0 amide bonds. The van der Waals surface area contributed by atoms with Crippen molar-refractivity contribution in [1.82, 2.24) is 5.32 Å². The highest BCUT2D eigenvalue weighted by molar-refractivity contribution is 6.44. The van der Waals surface area contributed by atoms with Crippen LogP contribution >= 0.6 is 0 Å². The van der Waals surface area contributed by atoms with E-state index in [2.05, 4.69) is 5.32 Å². The van der Waals surface area contributed by atoms with Gasteiger partial charge < -0.3 is 19.9 Å². The zero-order valence-electron chi connectivity index (χ0n) is 8.71. The normalized spacial score (nSPS) is 11.1. The van der Waals surface area contributed by atoms with E-state index < -0.39 is 9.28 Å². The summed E-state index contributed by atoms with van der Waals surface area (Å²) in [5.41, 5.74) is 5.34. The van der Waals surface area contributed by atoms with Crippen LogP contribution in [0.25, 0.3) is 0 Å². The van der Waals surface area contributed by atoms with Crippen molar-refractivity contribution in [3.05, 3.63) is 0 Å². The van der Waals surface area contributed by atoms with Crippen molar-refractivity contribution in [3.8, 4) is 0 Å². The molecule has 0 unspecified atom stereocenters. The topological polar surface area (TPSA) is 56.5 Å². The molecule has 0 aromatic rings. The summed E-state index contributed by atoms with van der Waals surface area (Å²) in [5.74, 6) is 0. The first-order chi connectivity index (χ1) is 6.35. The van der Waals surface area contributed by atoms with Crippen LogP contribution in [0.1, 0.15) is 12.8 Å². The van der Waals surface area contributed by atoms with Gasteiger partial charge in [-0.2, -0.15) is 0 Å². The molecule has 0 spiro atoms. The molecule has 0 aromatic carbocycles. The van der Waals surface area contributed by atoms with Gasteiger partial charge in [-0.3, -0.25) is 0 Å². The highest BCUT2D eigenvalue weighted by atomic mass is 28.3. The average molecular weight is 206 g/mol. The third-order valence-electron chi connectivity index (χ3n) is 1.89. The van der Waals surface area contributed by atoms with E-state index in [0.29, 0.717) is 6.54 Å². The van der Waals surface area contributed by atoms with Gasteiger partial charge in [-0.25, -0.2) is 0 Å². The van der Waals surface area contributed by atoms with E-state index in [0.717, 1.165) is 19.1 Å². The van der Waals surface area contributed by atoms with E-state index in [1.165, 1.54) is 12.8 Å². The monoisotopic (exact) mass is 206 g/mol. The Bertz CT molecular complexity index is 102. The van der Waals surface area contributed by atoms with Crippen molar-refractivity contribution in [1.29, 1.82) is 0 Å². The number of rotatable bonds is 9. The van der Waals surface area contributed by atoms with Crippen LogP contribution < -0.4 is 11.1 Å². The van der Waals surface area contributed by atoms with Crippen LogP contribution in [0.3, 0.4) is 0 Å². The fourth-order valence-electron chi connectivity index (χ4n) is 1.12. The summed E-state index contributed by atoms with van der Waals surface area (Å²) >= 11 is 0. The fraction of sp³-hybridized carbons (Fsp3) is 1.00. The standard InChI is InChI=1S/C8H22N2O2Si/c1-11-13(12-2)8-4-3-6-10-7-5-9/h10,13H,3-9H2,1-2H3. The van der Waals surface area contributed by atoms with Gasteiger partial charge in [-0.05, 0) is 19.0 Å². The summed E-state index contributed by atoms with van der Waals surface area (Å²) in [5, 5.41) is 3.25. The third kappa shape index (κ3) is 8.39. The molecule has 0 bridgehead atoms. The first kappa shape index (κ1) is 13.1. The fourth-order valence-corrected chi connectivity index (χ4v) is 2.41. The minimum absolute atomic E-state index is 0.716. The van der Waals surface area contributed by atoms with Crippen LogP contribution in [-0.4, -0.2) is 43.1 Å². The van der Waals surface area contributed by atoms with E-state index in [-0.39, 0.29) is 0 Å². The molecule has 0 saturated heterocycles. The third-order valence-corrected chi connectivity index (χ3v) is 3.82. The van der Waals surface area contributed by atoms with Crippen molar-refractivity contribution in [2.45, 2.75) is 18.9 Å². The van der Waals surface area contributed by atoms with E-state index >= 15 is 0 Å². The van der Waals surface area contributed by atoms with E-state index in [9.17, 15) is 0 Å². The maximum absolute atomic E-state index is 5.34. The van der Waals surface area contributed by atoms with Crippen molar-refractivity contribution in [3.63, 3.8) is 0 Å². The molecule has 0 aliphatic rings. The molecule has 13 heavy (non-hydrogen) atoms. The Balaban J connectivity index is 3.05. The predicted molar refractivity (Wildman–Crippen MR) is 57.1 cm³/mol. The molecule has 0 fully saturated rings. The van der Waals surface area contributed by atoms with E-state index in [1.807, 2.05) is 0 Å². The van der Waals surface area contributed by atoms with Crippen molar-refractivity contribution < 1.29 is 8.85 Å². The number of hydrogen-bond donors (Lipinski definition) is 2. The van der Waals surface area contributed by atoms with E-state index in [4.69, 9.17) is 14.6 Å². The van der Waals surface area contributed by atoms with Gasteiger partial charge in [0.25, 0.3) is 0 Å². The van der Waals surface area contributed by atoms with Crippen LogP contribution in [0.5, 0.6) is 0 Å². The van der Waals surface area contributed by atoms with Crippen molar-refractivity contribution >= 4 is 9.28 Å². The Hall–Kier alpha value is 0.0569. The molecular formula is C8H22N2O2Si. The summed E-state index contributed by atoms with van der Waals surface area (Å²) in [6.07, 6.45) is 2.35.